The molecule has 3 aromatic heterocycles. The van der Waals surface area contributed by atoms with Gasteiger partial charge in [0.1, 0.15) is 0 Å². The highest BCUT2D eigenvalue weighted by Crippen LogP contribution is 2.37. The number of aromatic nitrogens is 6. The lowest BCUT2D eigenvalue weighted by molar-refractivity contribution is 0.229. The quantitative estimate of drug-likeness (QED) is 0.766. The number of hydrogen-bond donors (Lipinski definition) is 1. The van der Waals surface area contributed by atoms with E-state index >= 15 is 0 Å². The molecule has 136 valence electrons. The lowest BCUT2D eigenvalue weighted by Crippen LogP contribution is -2.44. The van der Waals surface area contributed by atoms with Gasteiger partial charge < -0.3 is 10.3 Å². The van der Waals surface area contributed by atoms with E-state index in [4.69, 9.17) is 10.3 Å². The predicted octanol–water partition coefficient (Wildman–Crippen LogP) is 2.21. The molecule has 0 atom stereocenters. The van der Waals surface area contributed by atoms with Crippen molar-refractivity contribution in [2.75, 3.05) is 0 Å². The van der Waals surface area contributed by atoms with Gasteiger partial charge in [0.25, 0.3) is 5.95 Å². The summed E-state index contributed by atoms with van der Waals surface area (Å²) in [5, 5.41) is 8.71. The average molecular weight is 353 g/mol. The van der Waals surface area contributed by atoms with Crippen LogP contribution >= 0.6 is 0 Å². The van der Waals surface area contributed by atoms with Crippen LogP contribution in [0.5, 0.6) is 0 Å². The summed E-state index contributed by atoms with van der Waals surface area (Å²) in [7, 11) is 0. The van der Waals surface area contributed by atoms with Gasteiger partial charge in [0, 0.05) is 22.6 Å². The van der Waals surface area contributed by atoms with Crippen LogP contribution < -0.4 is 5.73 Å². The molecule has 0 spiro atoms. The topological polar surface area (TPSA) is 109 Å². The van der Waals surface area contributed by atoms with Crippen molar-refractivity contribution >= 4 is 0 Å². The van der Waals surface area contributed by atoms with Crippen LogP contribution in [0.4, 0.5) is 0 Å². The molecule has 0 aromatic carbocycles. The first kappa shape index (κ1) is 16.8. The molecule has 2 N–H and O–H groups in total. The summed E-state index contributed by atoms with van der Waals surface area (Å²) in [6.45, 7) is 7.88. The molecule has 0 radical (unpaired) electrons. The van der Waals surface area contributed by atoms with Crippen molar-refractivity contribution in [2.24, 2.45) is 5.73 Å². The molecule has 0 unspecified atom stereocenters. The number of aryl methyl sites for hydroxylation is 3. The number of hydrogen-bond acceptors (Lipinski definition) is 7. The van der Waals surface area contributed by atoms with Gasteiger partial charge in [-0.3, -0.25) is 0 Å². The van der Waals surface area contributed by atoms with Crippen molar-refractivity contribution < 1.29 is 4.52 Å². The van der Waals surface area contributed by atoms with Gasteiger partial charge in [0.2, 0.25) is 5.89 Å². The molecule has 3 heterocycles. The molecule has 8 heteroatoms. The number of rotatable bonds is 4. The Labute approximate surface area is 151 Å². The predicted molar refractivity (Wildman–Crippen MR) is 94.9 cm³/mol. The van der Waals surface area contributed by atoms with Crippen LogP contribution in [-0.4, -0.2) is 29.9 Å². The summed E-state index contributed by atoms with van der Waals surface area (Å²) in [6.07, 6.45) is 3.45. The molecule has 4 rings (SSSR count). The Morgan fingerprint density at radius 3 is 2.42 bits per heavy atom. The molecular formula is C18H23N7O. The summed E-state index contributed by atoms with van der Waals surface area (Å²) in [6, 6.07) is 1.94. The largest absolute Gasteiger partial charge is 0.339 e. The van der Waals surface area contributed by atoms with Crippen LogP contribution in [0.25, 0.3) is 5.95 Å². The van der Waals surface area contributed by atoms with E-state index in [2.05, 4.69) is 25.2 Å². The van der Waals surface area contributed by atoms with Crippen molar-refractivity contribution in [3.63, 3.8) is 0 Å². The molecule has 0 saturated heterocycles. The van der Waals surface area contributed by atoms with Gasteiger partial charge >= 0.3 is 0 Å². The van der Waals surface area contributed by atoms with Gasteiger partial charge in [-0.2, -0.15) is 10.1 Å². The zero-order valence-electron chi connectivity index (χ0n) is 15.6. The Morgan fingerprint density at radius 1 is 1.12 bits per heavy atom. The lowest BCUT2D eigenvalue weighted by atomic mass is 9.77. The molecule has 1 aliphatic rings. The Balaban J connectivity index is 1.65. The highest BCUT2D eigenvalue weighted by molar-refractivity contribution is 5.32. The second-order valence-electron chi connectivity index (χ2n) is 7.21. The van der Waals surface area contributed by atoms with E-state index in [1.165, 1.54) is 0 Å². The molecule has 1 aliphatic carbocycles. The van der Waals surface area contributed by atoms with E-state index < -0.39 is 5.54 Å². The molecule has 3 aromatic rings. The summed E-state index contributed by atoms with van der Waals surface area (Å²) in [5.74, 6) is 1.75. The normalized spacial score (nSPS) is 15.9. The molecule has 0 aliphatic heterocycles. The van der Waals surface area contributed by atoms with Crippen molar-refractivity contribution in [3.8, 4) is 5.95 Å². The summed E-state index contributed by atoms with van der Waals surface area (Å²) in [5.41, 5.74) is 10.6. The minimum atomic E-state index is -0.414. The summed E-state index contributed by atoms with van der Waals surface area (Å²) < 4.78 is 7.22. The Morgan fingerprint density at radius 2 is 1.81 bits per heavy atom. The van der Waals surface area contributed by atoms with Gasteiger partial charge in [-0.15, -0.1) is 0 Å². The highest BCUT2D eigenvalue weighted by atomic mass is 16.5. The monoisotopic (exact) mass is 353 g/mol. The third-order valence-electron chi connectivity index (χ3n) is 5.09. The van der Waals surface area contributed by atoms with E-state index in [9.17, 15) is 0 Å². The molecule has 1 fully saturated rings. The van der Waals surface area contributed by atoms with Gasteiger partial charge in [-0.05, 0) is 53.0 Å². The van der Waals surface area contributed by atoms with E-state index in [0.29, 0.717) is 24.1 Å². The van der Waals surface area contributed by atoms with Crippen molar-refractivity contribution in [3.05, 3.63) is 46.1 Å². The first-order valence-corrected chi connectivity index (χ1v) is 8.85. The Kier molecular flexibility index (Phi) is 3.87. The van der Waals surface area contributed by atoms with Gasteiger partial charge in [0.05, 0.1) is 17.7 Å². The zero-order chi connectivity index (χ0) is 18.5. The standard InChI is InChI=1S/C18H23N7O/c1-10-8-11(2)21-17(20-10)25-13(4)14(12(3)23-25)9-15-22-16(24-26-15)18(19)6-5-7-18/h8H,5-7,9,19H2,1-4H3. The molecule has 1 saturated carbocycles. The van der Waals surface area contributed by atoms with Crippen molar-refractivity contribution in [1.82, 2.24) is 29.9 Å². The fraction of sp³-hybridized carbons (Fsp3) is 0.500. The minimum Gasteiger partial charge on any atom is -0.339 e. The highest BCUT2D eigenvalue weighted by Gasteiger charge is 2.39. The maximum absolute atomic E-state index is 6.28. The maximum Gasteiger partial charge on any atom is 0.251 e. The lowest BCUT2D eigenvalue weighted by Gasteiger charge is -2.34. The number of nitrogens with two attached hydrogens (primary N) is 1. The molecule has 26 heavy (non-hydrogen) atoms. The van der Waals surface area contributed by atoms with E-state index in [1.54, 1.807) is 4.68 Å². The third kappa shape index (κ3) is 2.80. The second kappa shape index (κ2) is 5.98. The van der Waals surface area contributed by atoms with Crippen molar-refractivity contribution in [1.29, 1.82) is 0 Å². The van der Waals surface area contributed by atoms with Crippen LogP contribution in [0.1, 0.15) is 59.3 Å². The van der Waals surface area contributed by atoms with Crippen LogP contribution in [-0.2, 0) is 12.0 Å². The molecule has 0 bridgehead atoms. The van der Waals surface area contributed by atoms with Crippen LogP contribution in [0, 0.1) is 27.7 Å². The van der Waals surface area contributed by atoms with Crippen molar-refractivity contribution in [2.45, 2.75) is 58.9 Å². The van der Waals surface area contributed by atoms with Gasteiger partial charge in [-0.1, -0.05) is 5.16 Å². The average Bonchev–Trinajstić information content (AvgIpc) is 3.12. The summed E-state index contributed by atoms with van der Waals surface area (Å²) >= 11 is 0. The third-order valence-corrected chi connectivity index (χ3v) is 5.09. The first-order valence-electron chi connectivity index (χ1n) is 8.85. The smallest absolute Gasteiger partial charge is 0.251 e. The second-order valence-corrected chi connectivity index (χ2v) is 7.21. The molecule has 8 nitrogen and oxygen atoms in total. The van der Waals surface area contributed by atoms with E-state index in [1.807, 2.05) is 33.8 Å². The summed E-state index contributed by atoms with van der Waals surface area (Å²) in [4.78, 5) is 13.5. The molecule has 0 amide bonds. The zero-order valence-corrected chi connectivity index (χ0v) is 15.6. The fourth-order valence-corrected chi connectivity index (χ4v) is 3.39. The minimum absolute atomic E-state index is 0.414. The Hall–Kier alpha value is -2.61. The van der Waals surface area contributed by atoms with Crippen LogP contribution in [0.3, 0.4) is 0 Å². The van der Waals surface area contributed by atoms with E-state index in [-0.39, 0.29) is 0 Å². The fourth-order valence-electron chi connectivity index (χ4n) is 3.39. The van der Waals surface area contributed by atoms with E-state index in [0.717, 1.165) is 47.6 Å². The van der Waals surface area contributed by atoms with Crippen LogP contribution in [0.2, 0.25) is 0 Å². The Bertz CT molecular complexity index is 948. The first-order chi connectivity index (χ1) is 12.4. The maximum atomic E-state index is 6.28. The van der Waals surface area contributed by atoms with Gasteiger partial charge in [0.15, 0.2) is 5.82 Å². The van der Waals surface area contributed by atoms with Crippen LogP contribution in [0.15, 0.2) is 10.6 Å². The SMILES string of the molecule is Cc1cc(C)nc(-n2nc(C)c(Cc3nc(C4(N)CCC4)no3)c2C)n1. The number of nitrogens with zero attached hydrogens (tertiary/aromatic N) is 6. The van der Waals surface area contributed by atoms with Gasteiger partial charge in [-0.25, -0.2) is 14.6 Å². The molecular weight excluding hydrogens is 330 g/mol.